The Morgan fingerprint density at radius 2 is 2.13 bits per heavy atom. The van der Waals surface area contributed by atoms with Crippen LogP contribution in [0.1, 0.15) is 51.9 Å². The van der Waals surface area contributed by atoms with Crippen molar-refractivity contribution in [1.29, 1.82) is 0 Å². The van der Waals surface area contributed by atoms with Crippen LogP contribution in [0.3, 0.4) is 0 Å². The molecule has 3 rings (SSSR count). The molecule has 0 aromatic heterocycles. The second-order valence-corrected chi connectivity index (χ2v) is 5.26. The second kappa shape index (κ2) is 4.65. The lowest BCUT2D eigenvalue weighted by Gasteiger charge is -2.45. The van der Waals surface area contributed by atoms with Gasteiger partial charge in [0.15, 0.2) is 0 Å². The monoisotopic (exact) mass is 210 g/mol. The van der Waals surface area contributed by atoms with Gasteiger partial charge in [-0.2, -0.15) is 0 Å². The normalized spacial score (nSPS) is 39.7. The van der Waals surface area contributed by atoms with Crippen LogP contribution in [0.5, 0.6) is 0 Å². The molecule has 2 bridgehead atoms. The van der Waals surface area contributed by atoms with Crippen LogP contribution in [-0.4, -0.2) is 17.0 Å². The van der Waals surface area contributed by atoms with Crippen LogP contribution in [0.4, 0.5) is 0 Å². The molecule has 2 nitrogen and oxygen atoms in total. The van der Waals surface area contributed by atoms with E-state index in [4.69, 9.17) is 0 Å². The Labute approximate surface area is 92.1 Å². The fourth-order valence-electron chi connectivity index (χ4n) is 3.41. The van der Waals surface area contributed by atoms with Crippen molar-refractivity contribution >= 4 is 5.78 Å². The third-order valence-electron chi connectivity index (χ3n) is 4.32. The zero-order chi connectivity index (χ0) is 10.8. The highest BCUT2D eigenvalue weighted by Gasteiger charge is 2.46. The molecule has 3 fully saturated rings. The predicted molar refractivity (Wildman–Crippen MR) is 59.5 cm³/mol. The van der Waals surface area contributed by atoms with Crippen molar-refractivity contribution in [1.82, 2.24) is 0 Å². The van der Waals surface area contributed by atoms with Crippen LogP contribution >= 0.6 is 0 Å². The standard InChI is InChI=1S/C13H22O2/c1-2-3-4-5-10-9-6-7-11(13(10)15)12(14)8-9/h9-11,13,15H,2-8H2,1H3/t9-,10+,11+,13+/m1/s1. The average Bonchev–Trinajstić information content (AvgIpc) is 2.22. The number of carbonyl (C=O) groups is 1. The topological polar surface area (TPSA) is 37.3 Å². The summed E-state index contributed by atoms with van der Waals surface area (Å²) in [6.07, 6.45) is 7.38. The van der Waals surface area contributed by atoms with Crippen LogP contribution < -0.4 is 0 Å². The van der Waals surface area contributed by atoms with Crippen molar-refractivity contribution in [3.8, 4) is 0 Å². The maximum absolute atomic E-state index is 11.6. The molecule has 0 amide bonds. The van der Waals surface area contributed by atoms with Gasteiger partial charge in [0.2, 0.25) is 0 Å². The molecule has 0 aromatic rings. The molecule has 3 saturated carbocycles. The Morgan fingerprint density at radius 3 is 2.73 bits per heavy atom. The number of hydrogen-bond acceptors (Lipinski definition) is 2. The van der Waals surface area contributed by atoms with E-state index in [2.05, 4.69) is 6.92 Å². The van der Waals surface area contributed by atoms with E-state index < -0.39 is 0 Å². The quantitative estimate of drug-likeness (QED) is 0.724. The lowest BCUT2D eigenvalue weighted by Crippen LogP contribution is -2.48. The predicted octanol–water partition coefficient (Wildman–Crippen LogP) is 2.54. The van der Waals surface area contributed by atoms with Crippen LogP contribution in [0.25, 0.3) is 0 Å². The number of hydrogen-bond donors (Lipinski definition) is 1. The highest BCUT2D eigenvalue weighted by atomic mass is 16.3. The van der Waals surface area contributed by atoms with Crippen LogP contribution in [0.15, 0.2) is 0 Å². The SMILES string of the molecule is CCCCC[C@H]1[C@@H]2CC[C@@H](C(=O)C2)[C@H]1O. The maximum atomic E-state index is 11.6. The number of rotatable bonds is 4. The summed E-state index contributed by atoms with van der Waals surface area (Å²) in [5.74, 6) is 1.23. The molecule has 0 heterocycles. The molecule has 0 aliphatic heterocycles. The van der Waals surface area contributed by atoms with E-state index in [9.17, 15) is 9.90 Å². The van der Waals surface area contributed by atoms with E-state index in [-0.39, 0.29) is 12.0 Å². The van der Waals surface area contributed by atoms with E-state index in [0.29, 0.717) is 17.6 Å². The molecule has 3 aliphatic rings. The van der Waals surface area contributed by atoms with Crippen LogP contribution in [0.2, 0.25) is 0 Å². The van der Waals surface area contributed by atoms with Crippen molar-refractivity contribution in [2.75, 3.05) is 0 Å². The molecule has 0 spiro atoms. The molecule has 0 radical (unpaired) electrons. The Bertz CT molecular complexity index is 235. The molecular weight excluding hydrogens is 188 g/mol. The Hall–Kier alpha value is -0.370. The zero-order valence-electron chi connectivity index (χ0n) is 9.61. The summed E-state index contributed by atoms with van der Waals surface area (Å²) in [7, 11) is 0. The molecule has 0 saturated heterocycles. The molecular formula is C13H22O2. The van der Waals surface area contributed by atoms with E-state index in [0.717, 1.165) is 19.3 Å². The summed E-state index contributed by atoms with van der Waals surface area (Å²) in [5, 5.41) is 10.1. The summed E-state index contributed by atoms with van der Waals surface area (Å²) in [6, 6.07) is 0. The summed E-state index contributed by atoms with van der Waals surface area (Å²) < 4.78 is 0. The molecule has 0 aromatic carbocycles. The molecule has 2 heteroatoms. The van der Waals surface area contributed by atoms with E-state index in [1.807, 2.05) is 0 Å². The van der Waals surface area contributed by atoms with Crippen LogP contribution in [0, 0.1) is 17.8 Å². The molecule has 4 atom stereocenters. The Kier molecular flexibility index (Phi) is 3.45. The zero-order valence-corrected chi connectivity index (χ0v) is 9.61. The Balaban J connectivity index is 1.92. The van der Waals surface area contributed by atoms with E-state index in [1.54, 1.807) is 0 Å². The van der Waals surface area contributed by atoms with E-state index in [1.165, 1.54) is 25.7 Å². The van der Waals surface area contributed by atoms with Crippen molar-refractivity contribution in [3.05, 3.63) is 0 Å². The smallest absolute Gasteiger partial charge is 0.138 e. The number of carbonyl (C=O) groups excluding carboxylic acids is 1. The maximum Gasteiger partial charge on any atom is 0.138 e. The minimum Gasteiger partial charge on any atom is -0.392 e. The summed E-state index contributed by atoms with van der Waals surface area (Å²) in [5.41, 5.74) is 0. The van der Waals surface area contributed by atoms with Gasteiger partial charge in [-0.15, -0.1) is 0 Å². The Morgan fingerprint density at radius 1 is 1.33 bits per heavy atom. The number of ketones is 1. The highest BCUT2D eigenvalue weighted by molar-refractivity contribution is 5.83. The van der Waals surface area contributed by atoms with Gasteiger partial charge in [0.05, 0.1) is 6.10 Å². The average molecular weight is 210 g/mol. The number of fused-ring (bicyclic) bond motifs is 3. The number of Topliss-reactive ketones (excluding diaryl/α,β-unsaturated/α-hetero) is 1. The fraction of sp³-hybridized carbons (Fsp3) is 0.923. The van der Waals surface area contributed by atoms with Gasteiger partial charge in [-0.05, 0) is 31.1 Å². The first-order valence-electron chi connectivity index (χ1n) is 6.44. The van der Waals surface area contributed by atoms with Gasteiger partial charge in [0, 0.05) is 12.3 Å². The second-order valence-electron chi connectivity index (χ2n) is 5.26. The molecule has 0 unspecified atom stereocenters. The van der Waals surface area contributed by atoms with Crippen molar-refractivity contribution in [2.24, 2.45) is 17.8 Å². The molecule has 15 heavy (non-hydrogen) atoms. The largest absolute Gasteiger partial charge is 0.392 e. The fourth-order valence-corrected chi connectivity index (χ4v) is 3.41. The first kappa shape index (κ1) is 11.1. The van der Waals surface area contributed by atoms with E-state index >= 15 is 0 Å². The third-order valence-corrected chi connectivity index (χ3v) is 4.32. The van der Waals surface area contributed by atoms with Gasteiger partial charge < -0.3 is 5.11 Å². The van der Waals surface area contributed by atoms with Gasteiger partial charge >= 0.3 is 0 Å². The lowest BCUT2D eigenvalue weighted by molar-refractivity contribution is -0.143. The van der Waals surface area contributed by atoms with Gasteiger partial charge in [-0.1, -0.05) is 26.2 Å². The van der Waals surface area contributed by atoms with Crippen molar-refractivity contribution < 1.29 is 9.90 Å². The third kappa shape index (κ3) is 2.10. The minimum absolute atomic E-state index is 0.0124. The highest BCUT2D eigenvalue weighted by Crippen LogP contribution is 2.45. The van der Waals surface area contributed by atoms with Gasteiger partial charge in [-0.3, -0.25) is 4.79 Å². The molecule has 86 valence electrons. The first-order chi connectivity index (χ1) is 7.24. The van der Waals surface area contributed by atoms with Crippen molar-refractivity contribution in [3.63, 3.8) is 0 Å². The molecule has 3 aliphatic carbocycles. The number of aliphatic hydroxyl groups excluding tert-OH is 1. The lowest BCUT2D eigenvalue weighted by atomic mass is 9.61. The van der Waals surface area contributed by atoms with Gasteiger partial charge in [0.1, 0.15) is 5.78 Å². The van der Waals surface area contributed by atoms with Crippen molar-refractivity contribution in [2.45, 2.75) is 58.0 Å². The summed E-state index contributed by atoms with van der Waals surface area (Å²) in [4.78, 5) is 11.6. The number of unbranched alkanes of at least 4 members (excludes halogenated alkanes) is 2. The van der Waals surface area contributed by atoms with Gasteiger partial charge in [-0.25, -0.2) is 0 Å². The summed E-state index contributed by atoms with van der Waals surface area (Å²) in [6.45, 7) is 2.20. The molecule has 1 N–H and O–H groups in total. The van der Waals surface area contributed by atoms with Crippen LogP contribution in [-0.2, 0) is 4.79 Å². The van der Waals surface area contributed by atoms with Gasteiger partial charge in [0.25, 0.3) is 0 Å². The minimum atomic E-state index is -0.318. The summed E-state index contributed by atoms with van der Waals surface area (Å²) >= 11 is 0. The first-order valence-corrected chi connectivity index (χ1v) is 6.44. The number of aliphatic hydroxyl groups is 1.